The first kappa shape index (κ1) is 11.1. The van der Waals surface area contributed by atoms with Crippen molar-refractivity contribution >= 4 is 5.97 Å². The van der Waals surface area contributed by atoms with Crippen LogP contribution < -0.4 is 0 Å². The fourth-order valence-corrected chi connectivity index (χ4v) is 1.47. The van der Waals surface area contributed by atoms with Crippen LogP contribution in [0, 0.1) is 0 Å². The molecule has 0 aliphatic rings. The molecule has 1 aromatic heterocycles. The van der Waals surface area contributed by atoms with Crippen LogP contribution in [0.2, 0.25) is 0 Å². The van der Waals surface area contributed by atoms with Gasteiger partial charge in [0, 0.05) is 6.42 Å². The highest BCUT2D eigenvalue weighted by Crippen LogP contribution is 2.15. The number of aromatic nitrogens is 3. The summed E-state index contributed by atoms with van der Waals surface area (Å²) < 4.78 is 1.56. The van der Waals surface area contributed by atoms with Gasteiger partial charge < -0.3 is 10.2 Å². The second-order valence-electron chi connectivity index (χ2n) is 3.55. The maximum absolute atomic E-state index is 10.5. The van der Waals surface area contributed by atoms with E-state index in [2.05, 4.69) is 10.3 Å². The van der Waals surface area contributed by atoms with Gasteiger partial charge in [-0.05, 0) is 24.3 Å². The van der Waals surface area contributed by atoms with Crippen molar-refractivity contribution < 1.29 is 15.0 Å². The van der Waals surface area contributed by atoms with Crippen LogP contribution >= 0.6 is 0 Å². The Bertz CT molecular complexity index is 519. The van der Waals surface area contributed by atoms with Gasteiger partial charge in [0.05, 0.1) is 24.0 Å². The number of nitrogens with zero attached hydrogens (tertiary/aromatic N) is 3. The summed E-state index contributed by atoms with van der Waals surface area (Å²) in [6.07, 6.45) is 1.93. The molecule has 6 heteroatoms. The smallest absolute Gasteiger partial charge is 0.303 e. The molecule has 0 bridgehead atoms. The summed E-state index contributed by atoms with van der Waals surface area (Å²) in [4.78, 5) is 10.5. The molecule has 0 aliphatic heterocycles. The standard InChI is InChI=1S/C11H11N3O3/c15-10-4-1-8(2-5-10)14-9(7-12-13-14)3-6-11(16)17/h1-2,4-5,7,15H,3,6H2,(H,16,17). The maximum atomic E-state index is 10.5. The molecule has 0 aliphatic carbocycles. The summed E-state index contributed by atoms with van der Waals surface area (Å²) >= 11 is 0. The molecule has 17 heavy (non-hydrogen) atoms. The number of hydrogen-bond donors (Lipinski definition) is 2. The number of carboxylic acid groups (broad SMARTS) is 1. The molecular weight excluding hydrogens is 222 g/mol. The predicted octanol–water partition coefficient (Wildman–Crippen LogP) is 0.990. The van der Waals surface area contributed by atoms with E-state index in [9.17, 15) is 9.90 Å². The first-order valence-corrected chi connectivity index (χ1v) is 5.07. The second kappa shape index (κ2) is 4.65. The molecule has 0 unspecified atom stereocenters. The molecule has 0 amide bonds. The maximum Gasteiger partial charge on any atom is 0.303 e. The number of aliphatic carboxylic acids is 1. The molecule has 0 radical (unpaired) electrons. The van der Waals surface area contributed by atoms with Gasteiger partial charge in [-0.3, -0.25) is 4.79 Å². The van der Waals surface area contributed by atoms with Crippen LogP contribution in [0.25, 0.3) is 5.69 Å². The van der Waals surface area contributed by atoms with Crippen molar-refractivity contribution in [3.05, 3.63) is 36.2 Å². The highest BCUT2D eigenvalue weighted by molar-refractivity contribution is 5.67. The van der Waals surface area contributed by atoms with Crippen molar-refractivity contribution in [1.82, 2.24) is 15.0 Å². The number of aryl methyl sites for hydroxylation is 1. The minimum atomic E-state index is -0.858. The molecule has 2 aromatic rings. The lowest BCUT2D eigenvalue weighted by Gasteiger charge is -2.04. The second-order valence-corrected chi connectivity index (χ2v) is 3.55. The van der Waals surface area contributed by atoms with Gasteiger partial charge in [0.15, 0.2) is 0 Å². The van der Waals surface area contributed by atoms with E-state index < -0.39 is 5.97 Å². The van der Waals surface area contributed by atoms with Crippen molar-refractivity contribution in [2.24, 2.45) is 0 Å². The Morgan fingerprint density at radius 3 is 2.65 bits per heavy atom. The normalized spacial score (nSPS) is 10.4. The van der Waals surface area contributed by atoms with Gasteiger partial charge in [-0.2, -0.15) is 0 Å². The molecule has 0 saturated carbocycles. The number of benzene rings is 1. The van der Waals surface area contributed by atoms with E-state index in [-0.39, 0.29) is 12.2 Å². The fraction of sp³-hybridized carbons (Fsp3) is 0.182. The van der Waals surface area contributed by atoms with Crippen LogP contribution in [0.4, 0.5) is 0 Å². The topological polar surface area (TPSA) is 88.2 Å². The van der Waals surface area contributed by atoms with Crippen LogP contribution in [-0.2, 0) is 11.2 Å². The molecule has 1 heterocycles. The molecular formula is C11H11N3O3. The number of phenols is 1. The average Bonchev–Trinajstić information content (AvgIpc) is 2.75. The lowest BCUT2D eigenvalue weighted by Crippen LogP contribution is -2.05. The summed E-state index contributed by atoms with van der Waals surface area (Å²) in [5.41, 5.74) is 1.46. The molecule has 0 fully saturated rings. The van der Waals surface area contributed by atoms with Crippen molar-refractivity contribution in [1.29, 1.82) is 0 Å². The summed E-state index contributed by atoms with van der Waals surface area (Å²) in [5, 5.41) is 25.4. The fourth-order valence-electron chi connectivity index (χ4n) is 1.47. The van der Waals surface area contributed by atoms with Crippen molar-refractivity contribution in [2.75, 3.05) is 0 Å². The monoisotopic (exact) mass is 233 g/mol. The van der Waals surface area contributed by atoms with Crippen LogP contribution in [0.5, 0.6) is 5.75 Å². The highest BCUT2D eigenvalue weighted by atomic mass is 16.4. The summed E-state index contributed by atoms with van der Waals surface area (Å²) in [7, 11) is 0. The van der Waals surface area contributed by atoms with Gasteiger partial charge in [-0.15, -0.1) is 5.10 Å². The van der Waals surface area contributed by atoms with E-state index in [1.807, 2.05) is 0 Å². The third-order valence-corrected chi connectivity index (χ3v) is 2.31. The quantitative estimate of drug-likeness (QED) is 0.822. The molecule has 2 rings (SSSR count). The zero-order valence-electron chi connectivity index (χ0n) is 8.95. The van der Waals surface area contributed by atoms with E-state index in [0.29, 0.717) is 6.42 Å². The largest absolute Gasteiger partial charge is 0.508 e. The van der Waals surface area contributed by atoms with E-state index >= 15 is 0 Å². The third kappa shape index (κ3) is 2.60. The van der Waals surface area contributed by atoms with Gasteiger partial charge in [-0.25, -0.2) is 4.68 Å². The first-order chi connectivity index (χ1) is 8.16. The van der Waals surface area contributed by atoms with Gasteiger partial charge >= 0.3 is 5.97 Å². The van der Waals surface area contributed by atoms with Crippen molar-refractivity contribution in [2.45, 2.75) is 12.8 Å². The molecule has 0 atom stereocenters. The molecule has 0 spiro atoms. The minimum Gasteiger partial charge on any atom is -0.508 e. The van der Waals surface area contributed by atoms with Crippen LogP contribution in [0.3, 0.4) is 0 Å². The molecule has 2 N–H and O–H groups in total. The van der Waals surface area contributed by atoms with Crippen LogP contribution in [0.15, 0.2) is 30.5 Å². The van der Waals surface area contributed by atoms with Gasteiger partial charge in [0.1, 0.15) is 5.75 Å². The molecule has 6 nitrogen and oxygen atoms in total. The Morgan fingerprint density at radius 2 is 2.00 bits per heavy atom. The highest BCUT2D eigenvalue weighted by Gasteiger charge is 2.08. The lowest BCUT2D eigenvalue weighted by molar-refractivity contribution is -0.136. The number of aromatic hydroxyl groups is 1. The molecule has 0 saturated heterocycles. The number of hydrogen-bond acceptors (Lipinski definition) is 4. The Labute approximate surface area is 97.1 Å². The van der Waals surface area contributed by atoms with Gasteiger partial charge in [-0.1, -0.05) is 5.21 Å². The zero-order valence-corrected chi connectivity index (χ0v) is 8.95. The van der Waals surface area contributed by atoms with Crippen LogP contribution in [-0.4, -0.2) is 31.2 Å². The lowest BCUT2D eigenvalue weighted by atomic mass is 10.2. The van der Waals surface area contributed by atoms with Crippen molar-refractivity contribution in [3.63, 3.8) is 0 Å². The Balaban J connectivity index is 2.24. The van der Waals surface area contributed by atoms with Gasteiger partial charge in [0.2, 0.25) is 0 Å². The summed E-state index contributed by atoms with van der Waals surface area (Å²) in [6.45, 7) is 0. The average molecular weight is 233 g/mol. The zero-order chi connectivity index (χ0) is 12.3. The SMILES string of the molecule is O=C(O)CCc1cnnn1-c1ccc(O)cc1. The van der Waals surface area contributed by atoms with Crippen molar-refractivity contribution in [3.8, 4) is 11.4 Å². The molecule has 1 aromatic carbocycles. The minimum absolute atomic E-state index is 0.0332. The Morgan fingerprint density at radius 1 is 1.29 bits per heavy atom. The van der Waals surface area contributed by atoms with Crippen LogP contribution in [0.1, 0.15) is 12.1 Å². The summed E-state index contributed by atoms with van der Waals surface area (Å²) in [5.74, 6) is -0.690. The number of carbonyl (C=O) groups is 1. The number of carboxylic acids is 1. The Hall–Kier alpha value is -2.37. The Kier molecular flexibility index (Phi) is 3.04. The number of phenolic OH excluding ortho intramolecular Hbond substituents is 1. The van der Waals surface area contributed by atoms with Gasteiger partial charge in [0.25, 0.3) is 0 Å². The third-order valence-electron chi connectivity index (χ3n) is 2.31. The van der Waals surface area contributed by atoms with E-state index in [0.717, 1.165) is 11.4 Å². The van der Waals surface area contributed by atoms with E-state index in [4.69, 9.17) is 5.11 Å². The van der Waals surface area contributed by atoms with E-state index in [1.165, 1.54) is 18.3 Å². The first-order valence-electron chi connectivity index (χ1n) is 5.07. The van der Waals surface area contributed by atoms with E-state index in [1.54, 1.807) is 16.8 Å². The summed E-state index contributed by atoms with van der Waals surface area (Å²) in [6, 6.07) is 6.46. The predicted molar refractivity (Wildman–Crippen MR) is 59.0 cm³/mol. The molecule has 88 valence electrons. The number of rotatable bonds is 4.